The molecule has 1 amide bonds. The molecular weight excluding hydrogens is 424 g/mol. The van der Waals surface area contributed by atoms with E-state index in [0.717, 1.165) is 22.9 Å². The van der Waals surface area contributed by atoms with Crippen molar-refractivity contribution in [2.45, 2.75) is 37.6 Å². The highest BCUT2D eigenvalue weighted by Crippen LogP contribution is 2.42. The second-order valence-corrected chi connectivity index (χ2v) is 10.9. The molecule has 1 aliphatic carbocycles. The lowest BCUT2D eigenvalue weighted by Gasteiger charge is -2.16. The molecule has 5 rings (SSSR count). The van der Waals surface area contributed by atoms with E-state index < -0.39 is 10.0 Å². The number of carbonyl (C=O) groups excluding carboxylic acids is 1. The maximum absolute atomic E-state index is 13.3. The second-order valence-electron chi connectivity index (χ2n) is 8.96. The number of pyridine rings is 1. The molecular formula is C24H28N4O3S. The molecule has 0 spiro atoms. The molecule has 2 aromatic heterocycles. The van der Waals surface area contributed by atoms with Gasteiger partial charge >= 0.3 is 0 Å². The molecule has 2 fully saturated rings. The van der Waals surface area contributed by atoms with Crippen LogP contribution in [-0.2, 0) is 23.6 Å². The summed E-state index contributed by atoms with van der Waals surface area (Å²) in [5, 5.41) is 3.93. The Bertz CT molecular complexity index is 1290. The van der Waals surface area contributed by atoms with Crippen molar-refractivity contribution in [2.24, 2.45) is 18.9 Å². The Morgan fingerprint density at radius 2 is 1.97 bits per heavy atom. The first kappa shape index (κ1) is 21.2. The fourth-order valence-corrected chi connectivity index (χ4v) is 6.58. The molecule has 7 nitrogen and oxygen atoms in total. The summed E-state index contributed by atoms with van der Waals surface area (Å²) in [5.41, 5.74) is 2.76. The van der Waals surface area contributed by atoms with Crippen molar-refractivity contribution in [3.8, 4) is 0 Å². The molecule has 1 saturated carbocycles. The number of fused-ring (bicyclic) bond motifs is 1. The smallest absolute Gasteiger partial charge is 0.268 e. The van der Waals surface area contributed by atoms with E-state index in [1.54, 1.807) is 29.0 Å². The van der Waals surface area contributed by atoms with Gasteiger partial charge in [-0.05, 0) is 61.8 Å². The number of benzene rings is 1. The van der Waals surface area contributed by atoms with E-state index in [4.69, 9.17) is 0 Å². The Balaban J connectivity index is 1.35. The van der Waals surface area contributed by atoms with Gasteiger partial charge in [0.1, 0.15) is 10.6 Å². The Morgan fingerprint density at radius 1 is 1.16 bits per heavy atom. The van der Waals surface area contributed by atoms with E-state index in [0.29, 0.717) is 42.9 Å². The molecule has 3 aromatic rings. The van der Waals surface area contributed by atoms with Crippen LogP contribution in [0.1, 0.15) is 41.0 Å². The highest BCUT2D eigenvalue weighted by atomic mass is 32.2. The van der Waals surface area contributed by atoms with Gasteiger partial charge in [-0.15, -0.1) is 0 Å². The van der Waals surface area contributed by atoms with E-state index in [-0.39, 0.29) is 10.8 Å². The molecule has 1 aliphatic heterocycles. The Labute approximate surface area is 188 Å². The summed E-state index contributed by atoms with van der Waals surface area (Å²) in [6, 6.07) is 11.2. The van der Waals surface area contributed by atoms with Crippen LogP contribution in [0.5, 0.6) is 0 Å². The zero-order valence-corrected chi connectivity index (χ0v) is 19.2. The van der Waals surface area contributed by atoms with Gasteiger partial charge in [0.25, 0.3) is 5.91 Å². The number of nitrogens with one attached hydrogen (secondary N) is 1. The van der Waals surface area contributed by atoms with Crippen LogP contribution in [0.15, 0.2) is 47.5 Å². The zero-order chi connectivity index (χ0) is 22.5. The normalized spacial score (nSPS) is 19.5. The topological polar surface area (TPSA) is 84.3 Å². The summed E-state index contributed by atoms with van der Waals surface area (Å²) in [7, 11) is -1.88. The van der Waals surface area contributed by atoms with Crippen molar-refractivity contribution >= 4 is 26.8 Å². The number of sulfonamides is 1. The predicted octanol–water partition coefficient (Wildman–Crippen LogP) is 3.23. The molecule has 168 valence electrons. The molecule has 2 aliphatic rings. The summed E-state index contributed by atoms with van der Waals surface area (Å²) in [6.45, 7) is 3.25. The van der Waals surface area contributed by atoms with Gasteiger partial charge in [-0.3, -0.25) is 9.78 Å². The van der Waals surface area contributed by atoms with E-state index >= 15 is 0 Å². The molecule has 32 heavy (non-hydrogen) atoms. The van der Waals surface area contributed by atoms with Crippen LogP contribution in [0, 0.1) is 18.8 Å². The Kier molecular flexibility index (Phi) is 5.29. The molecule has 1 N–H and O–H groups in total. The quantitative estimate of drug-likeness (QED) is 0.622. The van der Waals surface area contributed by atoms with Gasteiger partial charge in [-0.1, -0.05) is 18.2 Å². The first-order valence-corrected chi connectivity index (χ1v) is 12.6. The van der Waals surface area contributed by atoms with Crippen LogP contribution >= 0.6 is 0 Å². The fourth-order valence-electron chi connectivity index (χ4n) is 4.80. The van der Waals surface area contributed by atoms with Gasteiger partial charge in [-0.25, -0.2) is 8.42 Å². The maximum atomic E-state index is 13.3. The largest absolute Gasteiger partial charge is 0.347 e. The van der Waals surface area contributed by atoms with Gasteiger partial charge in [0, 0.05) is 44.0 Å². The highest BCUT2D eigenvalue weighted by Gasteiger charge is 2.41. The minimum absolute atomic E-state index is 0.232. The fraction of sp³-hybridized carbons (Fsp3) is 0.417. The van der Waals surface area contributed by atoms with E-state index in [1.165, 1.54) is 18.9 Å². The van der Waals surface area contributed by atoms with Gasteiger partial charge < -0.3 is 9.88 Å². The van der Waals surface area contributed by atoms with Gasteiger partial charge in [0.05, 0.1) is 5.52 Å². The van der Waals surface area contributed by atoms with Crippen molar-refractivity contribution in [3.63, 3.8) is 0 Å². The third kappa shape index (κ3) is 3.71. The van der Waals surface area contributed by atoms with Crippen LogP contribution in [0.25, 0.3) is 10.9 Å². The average molecular weight is 453 g/mol. The number of hydrogen-bond acceptors (Lipinski definition) is 4. The number of nitrogens with zero attached hydrogens (tertiary/aromatic N) is 3. The van der Waals surface area contributed by atoms with Crippen LogP contribution in [-0.4, -0.2) is 41.3 Å². The van der Waals surface area contributed by atoms with Crippen LogP contribution < -0.4 is 5.32 Å². The van der Waals surface area contributed by atoms with Crippen LogP contribution in [0.4, 0.5) is 0 Å². The summed E-state index contributed by atoms with van der Waals surface area (Å²) in [4.78, 5) is 17.6. The van der Waals surface area contributed by atoms with Crippen molar-refractivity contribution in [2.75, 3.05) is 13.1 Å². The third-order valence-electron chi connectivity index (χ3n) is 6.99. The van der Waals surface area contributed by atoms with Gasteiger partial charge in [-0.2, -0.15) is 4.31 Å². The number of carbonyl (C=O) groups is 1. The van der Waals surface area contributed by atoms with Crippen molar-refractivity contribution in [3.05, 3.63) is 59.5 Å². The van der Waals surface area contributed by atoms with Crippen molar-refractivity contribution in [1.29, 1.82) is 0 Å². The monoisotopic (exact) mass is 452 g/mol. The molecule has 1 atom stereocenters. The van der Waals surface area contributed by atoms with Gasteiger partial charge in [0.2, 0.25) is 10.0 Å². The van der Waals surface area contributed by atoms with E-state index in [9.17, 15) is 13.2 Å². The summed E-state index contributed by atoms with van der Waals surface area (Å²) in [5.74, 6) is 0.875. The number of amides is 1. The minimum atomic E-state index is -3.61. The predicted molar refractivity (Wildman–Crippen MR) is 123 cm³/mol. The highest BCUT2D eigenvalue weighted by molar-refractivity contribution is 7.89. The number of aromatic nitrogens is 2. The standard InChI is InChI=1S/C24H28N4O3S/c1-16-23(32(30,31)28-12-10-19(15-28)17-8-9-17)13-22(27(16)2)24(29)26-14-18-5-3-7-21-20(18)6-4-11-25-21/h3-7,11,13,17,19H,8-10,12,14-15H2,1-2H3,(H,26,29)/t19-/m1/s1. The second kappa shape index (κ2) is 8.01. The summed E-state index contributed by atoms with van der Waals surface area (Å²) in [6.07, 6.45) is 5.12. The molecule has 1 aromatic carbocycles. The molecule has 3 heterocycles. The summed E-state index contributed by atoms with van der Waals surface area (Å²) >= 11 is 0. The minimum Gasteiger partial charge on any atom is -0.347 e. The maximum Gasteiger partial charge on any atom is 0.268 e. The molecule has 0 bridgehead atoms. The third-order valence-corrected chi connectivity index (χ3v) is 8.97. The SMILES string of the molecule is Cc1c(S(=O)(=O)N2CC[C@@H](C3CC3)C2)cc(C(=O)NCc2cccc3ncccc23)n1C. The van der Waals surface area contributed by atoms with Gasteiger partial charge in [0.15, 0.2) is 0 Å². The lowest BCUT2D eigenvalue weighted by Crippen LogP contribution is -2.29. The van der Waals surface area contributed by atoms with E-state index in [1.807, 2.05) is 30.3 Å². The van der Waals surface area contributed by atoms with E-state index in [2.05, 4.69) is 10.3 Å². The van der Waals surface area contributed by atoms with Crippen molar-refractivity contribution in [1.82, 2.24) is 19.2 Å². The van der Waals surface area contributed by atoms with Crippen LogP contribution in [0.3, 0.4) is 0 Å². The Hall–Kier alpha value is -2.71. The van der Waals surface area contributed by atoms with Crippen LogP contribution in [0.2, 0.25) is 0 Å². The molecule has 0 radical (unpaired) electrons. The number of hydrogen-bond donors (Lipinski definition) is 1. The summed E-state index contributed by atoms with van der Waals surface area (Å²) < 4.78 is 29.9. The Morgan fingerprint density at radius 3 is 2.75 bits per heavy atom. The lowest BCUT2D eigenvalue weighted by molar-refractivity contribution is 0.0942. The first-order valence-electron chi connectivity index (χ1n) is 11.1. The lowest BCUT2D eigenvalue weighted by atomic mass is 10.0. The molecule has 0 unspecified atom stereocenters. The average Bonchev–Trinajstić information content (AvgIpc) is 3.43. The molecule has 8 heteroatoms. The van der Waals surface area contributed by atoms with Crippen molar-refractivity contribution < 1.29 is 13.2 Å². The number of rotatable bonds is 6. The zero-order valence-electron chi connectivity index (χ0n) is 18.4. The molecule has 1 saturated heterocycles. The first-order chi connectivity index (χ1) is 15.4.